The lowest BCUT2D eigenvalue weighted by molar-refractivity contribution is -0.157. The van der Waals surface area contributed by atoms with Gasteiger partial charge in [0.1, 0.15) is 0 Å². The summed E-state index contributed by atoms with van der Waals surface area (Å²) < 4.78 is 0. The van der Waals surface area contributed by atoms with Crippen molar-refractivity contribution < 1.29 is 9.90 Å². The zero-order valence-electron chi connectivity index (χ0n) is 7.12. The molecule has 0 aromatic carbocycles. The Morgan fingerprint density at radius 3 is 2.33 bits per heavy atom. The summed E-state index contributed by atoms with van der Waals surface area (Å²) in [7, 11) is 0. The second kappa shape index (κ2) is 2.46. The van der Waals surface area contributed by atoms with E-state index < -0.39 is 11.4 Å². The average molecular weight is 169 g/mol. The summed E-state index contributed by atoms with van der Waals surface area (Å²) in [5.41, 5.74) is 5.31. The molecule has 2 bridgehead atoms. The highest BCUT2D eigenvalue weighted by atomic mass is 16.4. The molecule has 0 heterocycles. The Labute approximate surface area is 71.9 Å². The van der Waals surface area contributed by atoms with E-state index in [2.05, 4.69) is 0 Å². The van der Waals surface area contributed by atoms with Crippen molar-refractivity contribution in [3.63, 3.8) is 0 Å². The molecule has 3 saturated carbocycles. The van der Waals surface area contributed by atoms with Gasteiger partial charge < -0.3 is 10.8 Å². The Balaban J connectivity index is 2.26. The van der Waals surface area contributed by atoms with Gasteiger partial charge in [-0.25, -0.2) is 0 Å². The Morgan fingerprint density at radius 1 is 1.42 bits per heavy atom. The Morgan fingerprint density at radius 2 is 2.00 bits per heavy atom. The van der Waals surface area contributed by atoms with Crippen LogP contribution >= 0.6 is 0 Å². The van der Waals surface area contributed by atoms with E-state index in [9.17, 15) is 4.79 Å². The molecule has 0 aromatic heterocycles. The summed E-state index contributed by atoms with van der Waals surface area (Å²) in [5.74, 6) is 0.0365. The first-order valence-corrected chi connectivity index (χ1v) is 4.64. The molecule has 3 aliphatic carbocycles. The summed E-state index contributed by atoms with van der Waals surface area (Å²) in [5, 5.41) is 9.10. The molecular weight excluding hydrogens is 154 g/mol. The van der Waals surface area contributed by atoms with Gasteiger partial charge in [0.05, 0.1) is 5.41 Å². The summed E-state index contributed by atoms with van der Waals surface area (Å²) in [6.45, 7) is 0. The van der Waals surface area contributed by atoms with E-state index in [0.717, 1.165) is 32.1 Å². The molecule has 1 atom stereocenters. The number of fused-ring (bicyclic) bond motifs is 3. The van der Waals surface area contributed by atoms with Crippen LogP contribution in [0.1, 0.15) is 32.1 Å². The fraction of sp³-hybridized carbons (Fsp3) is 0.889. The molecule has 0 aliphatic heterocycles. The van der Waals surface area contributed by atoms with Crippen molar-refractivity contribution in [2.75, 3.05) is 0 Å². The van der Waals surface area contributed by atoms with Gasteiger partial charge in [0.2, 0.25) is 0 Å². The van der Waals surface area contributed by atoms with E-state index in [0.29, 0.717) is 5.92 Å². The van der Waals surface area contributed by atoms with Crippen molar-refractivity contribution in [1.29, 1.82) is 0 Å². The molecule has 12 heavy (non-hydrogen) atoms. The van der Waals surface area contributed by atoms with Gasteiger partial charge in [0, 0.05) is 6.04 Å². The smallest absolute Gasteiger partial charge is 0.311 e. The van der Waals surface area contributed by atoms with Gasteiger partial charge in [-0.05, 0) is 38.0 Å². The third-order valence-electron chi connectivity index (χ3n) is 3.72. The van der Waals surface area contributed by atoms with Gasteiger partial charge in [-0.3, -0.25) is 4.79 Å². The molecule has 0 amide bonds. The first-order valence-electron chi connectivity index (χ1n) is 4.64. The summed E-state index contributed by atoms with van der Waals surface area (Å²) >= 11 is 0. The predicted molar refractivity (Wildman–Crippen MR) is 44.6 cm³/mol. The lowest BCUT2D eigenvalue weighted by atomic mass is 9.58. The zero-order chi connectivity index (χ0) is 8.77. The van der Waals surface area contributed by atoms with Gasteiger partial charge in [0.25, 0.3) is 0 Å². The Kier molecular flexibility index (Phi) is 1.65. The largest absolute Gasteiger partial charge is 0.481 e. The standard InChI is InChI=1S/C9H15NO2/c10-7-5-6-1-3-9(7,4-2-6)8(11)12/h6-7H,1-5,10H2,(H,11,12). The summed E-state index contributed by atoms with van der Waals surface area (Å²) in [6.07, 6.45) is 4.66. The molecule has 3 fully saturated rings. The first-order chi connectivity index (χ1) is 5.65. The third-order valence-corrected chi connectivity index (χ3v) is 3.72. The molecule has 0 saturated heterocycles. The van der Waals surface area contributed by atoms with Crippen molar-refractivity contribution in [3.8, 4) is 0 Å². The molecule has 3 aliphatic rings. The molecule has 3 heteroatoms. The van der Waals surface area contributed by atoms with Crippen LogP contribution in [0.15, 0.2) is 0 Å². The van der Waals surface area contributed by atoms with Crippen LogP contribution in [0.2, 0.25) is 0 Å². The van der Waals surface area contributed by atoms with Crippen LogP contribution in [0.25, 0.3) is 0 Å². The van der Waals surface area contributed by atoms with Crippen LogP contribution in [-0.4, -0.2) is 17.1 Å². The quantitative estimate of drug-likeness (QED) is 0.615. The van der Waals surface area contributed by atoms with Gasteiger partial charge in [-0.15, -0.1) is 0 Å². The molecule has 1 unspecified atom stereocenters. The van der Waals surface area contributed by atoms with Crippen LogP contribution in [0, 0.1) is 11.3 Å². The monoisotopic (exact) mass is 169 g/mol. The van der Waals surface area contributed by atoms with Crippen LogP contribution in [0.5, 0.6) is 0 Å². The van der Waals surface area contributed by atoms with Gasteiger partial charge >= 0.3 is 5.97 Å². The van der Waals surface area contributed by atoms with E-state index in [1.807, 2.05) is 0 Å². The number of carbonyl (C=O) groups is 1. The van der Waals surface area contributed by atoms with Gasteiger partial charge in [-0.1, -0.05) is 0 Å². The van der Waals surface area contributed by atoms with Crippen molar-refractivity contribution in [2.24, 2.45) is 17.1 Å². The van der Waals surface area contributed by atoms with E-state index in [1.54, 1.807) is 0 Å². The molecule has 0 aromatic rings. The maximum absolute atomic E-state index is 11.1. The number of nitrogens with two attached hydrogens (primary N) is 1. The topological polar surface area (TPSA) is 63.3 Å². The number of hydrogen-bond acceptors (Lipinski definition) is 2. The van der Waals surface area contributed by atoms with E-state index in [-0.39, 0.29) is 6.04 Å². The number of carboxylic acids is 1. The minimum absolute atomic E-state index is 0.0949. The highest BCUT2D eigenvalue weighted by molar-refractivity contribution is 5.76. The minimum atomic E-state index is -0.673. The normalized spacial score (nSPS) is 46.1. The SMILES string of the molecule is NC1CC2CCC1(C(=O)O)CC2. The fourth-order valence-corrected chi connectivity index (χ4v) is 2.76. The number of carboxylic acid groups (broad SMARTS) is 1. The van der Waals surface area contributed by atoms with Crippen molar-refractivity contribution in [2.45, 2.75) is 38.1 Å². The Hall–Kier alpha value is -0.570. The van der Waals surface area contributed by atoms with Crippen LogP contribution in [-0.2, 0) is 4.79 Å². The Bertz CT molecular complexity index is 207. The van der Waals surface area contributed by atoms with Crippen molar-refractivity contribution in [1.82, 2.24) is 0 Å². The lowest BCUT2D eigenvalue weighted by Crippen LogP contribution is -2.54. The van der Waals surface area contributed by atoms with E-state index >= 15 is 0 Å². The van der Waals surface area contributed by atoms with Crippen LogP contribution in [0.3, 0.4) is 0 Å². The van der Waals surface area contributed by atoms with Crippen molar-refractivity contribution in [3.05, 3.63) is 0 Å². The molecule has 3 rings (SSSR count). The second-order valence-corrected chi connectivity index (χ2v) is 4.25. The predicted octanol–water partition coefficient (Wildman–Crippen LogP) is 0.979. The average Bonchev–Trinajstić information content (AvgIpc) is 2.05. The molecule has 0 spiro atoms. The third kappa shape index (κ3) is 0.891. The molecule has 3 nitrogen and oxygen atoms in total. The highest BCUT2D eigenvalue weighted by Crippen LogP contribution is 2.49. The molecular formula is C9H15NO2. The summed E-state index contributed by atoms with van der Waals surface area (Å²) in [6, 6.07) is -0.0949. The molecule has 0 radical (unpaired) electrons. The molecule has 68 valence electrons. The van der Waals surface area contributed by atoms with E-state index in [4.69, 9.17) is 10.8 Å². The van der Waals surface area contributed by atoms with Gasteiger partial charge in [-0.2, -0.15) is 0 Å². The minimum Gasteiger partial charge on any atom is -0.481 e. The van der Waals surface area contributed by atoms with Crippen LogP contribution < -0.4 is 5.73 Å². The first kappa shape index (κ1) is 8.05. The van der Waals surface area contributed by atoms with Crippen molar-refractivity contribution >= 4 is 5.97 Å². The lowest BCUT2D eigenvalue weighted by Gasteiger charge is -2.47. The van der Waals surface area contributed by atoms with Gasteiger partial charge in [0.15, 0.2) is 0 Å². The number of hydrogen-bond donors (Lipinski definition) is 2. The summed E-state index contributed by atoms with van der Waals surface area (Å²) in [4.78, 5) is 11.1. The number of rotatable bonds is 1. The highest BCUT2D eigenvalue weighted by Gasteiger charge is 2.51. The van der Waals surface area contributed by atoms with E-state index in [1.165, 1.54) is 0 Å². The maximum Gasteiger partial charge on any atom is 0.311 e. The maximum atomic E-state index is 11.1. The zero-order valence-corrected chi connectivity index (χ0v) is 7.12. The second-order valence-electron chi connectivity index (χ2n) is 4.25. The fourth-order valence-electron chi connectivity index (χ4n) is 2.76. The molecule has 3 N–H and O–H groups in total. The van der Waals surface area contributed by atoms with Crippen LogP contribution in [0.4, 0.5) is 0 Å². The number of aliphatic carboxylic acids is 1.